The number of halogens is 1. The van der Waals surface area contributed by atoms with E-state index in [0.717, 1.165) is 57.3 Å². The first-order valence-electron chi connectivity index (χ1n) is 14.6. The summed E-state index contributed by atoms with van der Waals surface area (Å²) in [6, 6.07) is 13.7. The molecule has 2 atom stereocenters. The molecular weight excluding hydrogens is 510 g/mol. The van der Waals surface area contributed by atoms with E-state index >= 15 is 0 Å². The Morgan fingerprint density at radius 1 is 1.08 bits per heavy atom. The van der Waals surface area contributed by atoms with Crippen LogP contribution < -0.4 is 5.32 Å². The van der Waals surface area contributed by atoms with Gasteiger partial charge in [0, 0.05) is 44.3 Å². The molecule has 8 heteroatoms. The third-order valence-electron chi connectivity index (χ3n) is 9.08. The highest BCUT2D eigenvalue weighted by atomic mass is 35.5. The quantitative estimate of drug-likeness (QED) is 0.424. The number of carbonyl (C=O) groups is 2. The number of nitrogens with one attached hydrogen (secondary N) is 1. The maximum atomic E-state index is 13.8. The van der Waals surface area contributed by atoms with E-state index in [0.29, 0.717) is 35.0 Å². The molecule has 0 bridgehead atoms. The maximum Gasteiger partial charge on any atom is 0.321 e. The van der Waals surface area contributed by atoms with Crippen LogP contribution in [0.2, 0.25) is 5.15 Å². The molecule has 2 unspecified atom stereocenters. The van der Waals surface area contributed by atoms with Gasteiger partial charge in [0.05, 0.1) is 17.3 Å². The second kappa shape index (κ2) is 12.3. The van der Waals surface area contributed by atoms with Gasteiger partial charge in [-0.1, -0.05) is 54.8 Å². The van der Waals surface area contributed by atoms with Crippen molar-refractivity contribution in [2.45, 2.75) is 89.9 Å². The Morgan fingerprint density at radius 2 is 1.77 bits per heavy atom. The summed E-state index contributed by atoms with van der Waals surface area (Å²) in [5.74, 6) is -0.0913. The molecular formula is C31H42ClN5O2. The third kappa shape index (κ3) is 6.09. The van der Waals surface area contributed by atoms with Gasteiger partial charge in [0.1, 0.15) is 5.15 Å². The molecule has 1 N–H and O–H groups in total. The van der Waals surface area contributed by atoms with E-state index in [-0.39, 0.29) is 24.0 Å². The molecule has 3 amide bonds. The second-order valence-electron chi connectivity index (χ2n) is 11.6. The number of urea groups is 1. The number of piperidine rings is 1. The van der Waals surface area contributed by atoms with Crippen LogP contribution >= 0.6 is 11.6 Å². The number of amides is 3. The summed E-state index contributed by atoms with van der Waals surface area (Å²) >= 11 is 6.02. The van der Waals surface area contributed by atoms with Crippen LogP contribution in [0.15, 0.2) is 36.4 Å². The predicted molar refractivity (Wildman–Crippen MR) is 155 cm³/mol. The number of benzene rings is 1. The van der Waals surface area contributed by atoms with Gasteiger partial charge < -0.3 is 20.0 Å². The summed E-state index contributed by atoms with van der Waals surface area (Å²) in [6.07, 6.45) is 7.59. The number of likely N-dealkylation sites (tertiary alicyclic amines) is 1. The Bertz CT molecular complexity index is 1140. The molecule has 7 nitrogen and oxygen atoms in total. The first kappa shape index (κ1) is 27.9. The lowest BCUT2D eigenvalue weighted by Crippen LogP contribution is -2.50. The van der Waals surface area contributed by atoms with Gasteiger partial charge in [-0.2, -0.15) is 0 Å². The molecule has 1 aliphatic carbocycles. The van der Waals surface area contributed by atoms with Crippen LogP contribution in [0.25, 0.3) is 0 Å². The summed E-state index contributed by atoms with van der Waals surface area (Å²) in [6.45, 7) is 9.30. The zero-order valence-corrected chi connectivity index (χ0v) is 24.3. The molecule has 5 rings (SSSR count). The third-order valence-corrected chi connectivity index (χ3v) is 9.27. The molecule has 0 spiro atoms. The summed E-state index contributed by atoms with van der Waals surface area (Å²) in [5.41, 5.74) is 3.36. The maximum absolute atomic E-state index is 13.8. The van der Waals surface area contributed by atoms with E-state index in [1.54, 1.807) is 6.07 Å². The van der Waals surface area contributed by atoms with Crippen LogP contribution in [-0.2, 0) is 0 Å². The van der Waals surface area contributed by atoms with Crippen LogP contribution in [0.4, 0.5) is 4.79 Å². The van der Waals surface area contributed by atoms with Crippen molar-refractivity contribution in [2.24, 2.45) is 0 Å². The van der Waals surface area contributed by atoms with Gasteiger partial charge in [-0.25, -0.2) is 9.78 Å². The van der Waals surface area contributed by atoms with Crippen LogP contribution in [0, 0.1) is 13.8 Å². The zero-order valence-electron chi connectivity index (χ0n) is 23.5. The Morgan fingerprint density at radius 3 is 2.44 bits per heavy atom. The highest BCUT2D eigenvalue weighted by molar-refractivity contribution is 6.29. The van der Waals surface area contributed by atoms with E-state index < -0.39 is 0 Å². The van der Waals surface area contributed by atoms with Gasteiger partial charge in [-0.3, -0.25) is 4.79 Å². The van der Waals surface area contributed by atoms with Crippen LogP contribution in [0.5, 0.6) is 0 Å². The lowest BCUT2D eigenvalue weighted by Gasteiger charge is -2.41. The van der Waals surface area contributed by atoms with Crippen LogP contribution in [-0.4, -0.2) is 75.9 Å². The first-order valence-corrected chi connectivity index (χ1v) is 15.0. The standard InChI is InChI=1S/C31H42ClN5O2/c1-21-19-28(32)34-23(3)29(21)30(38)33-16-13-22(2)35-17-14-26(15-18-35)37-27(24-9-5-4-6-10-24)20-36(31(37)39)25-11-7-8-12-25/h4-6,9-10,19,22,25-27H,7-8,11-18,20H2,1-3H3,(H,33,38). The molecule has 1 aromatic heterocycles. The normalized spacial score (nSPS) is 22.1. The minimum Gasteiger partial charge on any atom is -0.352 e. The lowest BCUT2D eigenvalue weighted by atomic mass is 9.98. The molecule has 3 fully saturated rings. The SMILES string of the molecule is Cc1cc(Cl)nc(C)c1C(=O)NCCC(C)N1CCC(N2C(=O)N(C3CCCC3)CC2c2ccccc2)CC1. The van der Waals surface area contributed by atoms with Crippen LogP contribution in [0.1, 0.15) is 85.1 Å². The van der Waals surface area contributed by atoms with Crippen molar-refractivity contribution in [3.05, 3.63) is 63.9 Å². The predicted octanol–water partition coefficient (Wildman–Crippen LogP) is 5.75. The summed E-state index contributed by atoms with van der Waals surface area (Å²) < 4.78 is 0. The van der Waals surface area contributed by atoms with Gasteiger partial charge >= 0.3 is 6.03 Å². The molecule has 210 valence electrons. The topological polar surface area (TPSA) is 68.8 Å². The van der Waals surface area contributed by atoms with Crippen molar-refractivity contribution in [1.82, 2.24) is 25.0 Å². The Labute approximate surface area is 237 Å². The van der Waals surface area contributed by atoms with Crippen molar-refractivity contribution in [3.8, 4) is 0 Å². The average Bonchev–Trinajstić information content (AvgIpc) is 3.56. The fourth-order valence-electron chi connectivity index (χ4n) is 6.91. The van der Waals surface area contributed by atoms with Gasteiger partial charge in [0.25, 0.3) is 5.91 Å². The molecule has 1 saturated carbocycles. The number of pyridine rings is 1. The second-order valence-corrected chi connectivity index (χ2v) is 12.0. The lowest BCUT2D eigenvalue weighted by molar-refractivity contribution is 0.0882. The summed E-state index contributed by atoms with van der Waals surface area (Å²) in [7, 11) is 0. The van der Waals surface area contributed by atoms with Gasteiger partial charge in [0.15, 0.2) is 0 Å². The molecule has 39 heavy (non-hydrogen) atoms. The molecule has 2 aliphatic heterocycles. The van der Waals surface area contributed by atoms with E-state index in [1.807, 2.05) is 13.8 Å². The van der Waals surface area contributed by atoms with Crippen LogP contribution in [0.3, 0.4) is 0 Å². The number of aromatic nitrogens is 1. The Balaban J connectivity index is 1.16. The molecule has 0 radical (unpaired) electrons. The fraction of sp³-hybridized carbons (Fsp3) is 0.581. The largest absolute Gasteiger partial charge is 0.352 e. The smallest absolute Gasteiger partial charge is 0.321 e. The molecule has 2 saturated heterocycles. The van der Waals surface area contributed by atoms with Crippen molar-refractivity contribution < 1.29 is 9.59 Å². The number of aryl methyl sites for hydroxylation is 2. The number of hydrogen-bond donors (Lipinski definition) is 1. The highest BCUT2D eigenvalue weighted by Gasteiger charge is 2.45. The van der Waals surface area contributed by atoms with E-state index in [4.69, 9.17) is 11.6 Å². The van der Waals surface area contributed by atoms with E-state index in [1.165, 1.54) is 18.4 Å². The number of hydrogen-bond acceptors (Lipinski definition) is 4. The Hall–Kier alpha value is -2.64. The minimum atomic E-state index is -0.0913. The summed E-state index contributed by atoms with van der Waals surface area (Å²) in [5, 5.41) is 3.49. The molecule has 2 aromatic rings. The number of rotatable bonds is 8. The van der Waals surface area contributed by atoms with Crippen molar-refractivity contribution >= 4 is 23.5 Å². The highest BCUT2D eigenvalue weighted by Crippen LogP contribution is 2.38. The monoisotopic (exact) mass is 551 g/mol. The number of nitrogens with zero attached hydrogens (tertiary/aromatic N) is 4. The van der Waals surface area contributed by atoms with Crippen molar-refractivity contribution in [2.75, 3.05) is 26.2 Å². The van der Waals surface area contributed by atoms with E-state index in [2.05, 4.69) is 62.3 Å². The van der Waals surface area contributed by atoms with E-state index in [9.17, 15) is 9.59 Å². The average molecular weight is 552 g/mol. The summed E-state index contributed by atoms with van der Waals surface area (Å²) in [4.78, 5) is 37.7. The van der Waals surface area contributed by atoms with Gasteiger partial charge in [0.2, 0.25) is 0 Å². The fourth-order valence-corrected chi connectivity index (χ4v) is 7.20. The van der Waals surface area contributed by atoms with Gasteiger partial charge in [-0.15, -0.1) is 0 Å². The van der Waals surface area contributed by atoms with Crippen molar-refractivity contribution in [1.29, 1.82) is 0 Å². The zero-order chi connectivity index (χ0) is 27.5. The molecule has 3 heterocycles. The molecule has 1 aromatic carbocycles. The number of carbonyl (C=O) groups excluding carboxylic acids is 2. The van der Waals surface area contributed by atoms with Crippen molar-refractivity contribution in [3.63, 3.8) is 0 Å². The minimum absolute atomic E-state index is 0.0913. The Kier molecular flexibility index (Phi) is 8.77. The first-order chi connectivity index (χ1) is 18.8. The molecule has 3 aliphatic rings. The van der Waals surface area contributed by atoms with Gasteiger partial charge in [-0.05, 0) is 70.1 Å².